The molecule has 0 fully saturated rings. The lowest BCUT2D eigenvalue weighted by Crippen LogP contribution is -2.20. The highest BCUT2D eigenvalue weighted by Crippen LogP contribution is 2.27. The molecule has 0 amide bonds. The fraction of sp³-hybridized carbons (Fsp3) is 0.500. The SMILES string of the molecule is CC/C=C(\c1cccc(OC)c1)C(C)CN(C)C. The van der Waals surface area contributed by atoms with E-state index in [1.807, 2.05) is 6.07 Å². The number of nitrogens with zero attached hydrogens (tertiary/aromatic N) is 1. The first-order valence-corrected chi connectivity index (χ1v) is 6.57. The Morgan fingerprint density at radius 1 is 1.39 bits per heavy atom. The Balaban J connectivity index is 3.00. The molecule has 0 spiro atoms. The first kappa shape index (κ1) is 14.8. The summed E-state index contributed by atoms with van der Waals surface area (Å²) in [7, 11) is 5.95. The standard InChI is InChI=1S/C16H25NO/c1-6-8-16(13(2)12-17(3)4)14-9-7-10-15(11-14)18-5/h7-11,13H,6,12H2,1-5H3/b16-8-. The minimum atomic E-state index is 0.520. The van der Waals surface area contributed by atoms with Crippen LogP contribution in [0.15, 0.2) is 30.3 Å². The summed E-state index contributed by atoms with van der Waals surface area (Å²) < 4.78 is 5.31. The monoisotopic (exact) mass is 247 g/mol. The molecule has 0 aliphatic rings. The lowest BCUT2D eigenvalue weighted by atomic mass is 9.92. The van der Waals surface area contributed by atoms with Gasteiger partial charge in [-0.05, 0) is 49.7 Å². The number of rotatable bonds is 6. The zero-order valence-corrected chi connectivity index (χ0v) is 12.2. The normalized spacial score (nSPS) is 13.8. The predicted octanol–water partition coefficient (Wildman–Crippen LogP) is 3.69. The van der Waals surface area contributed by atoms with Crippen molar-refractivity contribution in [2.24, 2.45) is 5.92 Å². The molecule has 1 aromatic rings. The van der Waals surface area contributed by atoms with Crippen LogP contribution >= 0.6 is 0 Å². The molecular weight excluding hydrogens is 222 g/mol. The summed E-state index contributed by atoms with van der Waals surface area (Å²) in [6.45, 7) is 5.52. The Kier molecular flexibility index (Phi) is 5.93. The van der Waals surface area contributed by atoms with Crippen molar-refractivity contribution in [3.8, 4) is 5.75 Å². The molecule has 0 radical (unpaired) electrons. The van der Waals surface area contributed by atoms with Gasteiger partial charge in [-0.2, -0.15) is 0 Å². The van der Waals surface area contributed by atoms with E-state index >= 15 is 0 Å². The molecular formula is C16H25NO. The first-order chi connectivity index (χ1) is 8.58. The Morgan fingerprint density at radius 2 is 2.11 bits per heavy atom. The zero-order valence-electron chi connectivity index (χ0n) is 12.2. The molecule has 0 N–H and O–H groups in total. The van der Waals surface area contributed by atoms with Crippen LogP contribution < -0.4 is 4.74 Å². The highest BCUT2D eigenvalue weighted by molar-refractivity contribution is 5.68. The second-order valence-electron chi connectivity index (χ2n) is 4.96. The molecule has 100 valence electrons. The molecule has 2 nitrogen and oxygen atoms in total. The van der Waals surface area contributed by atoms with Crippen LogP contribution in [-0.4, -0.2) is 32.6 Å². The van der Waals surface area contributed by atoms with E-state index in [4.69, 9.17) is 4.74 Å². The van der Waals surface area contributed by atoms with Crippen LogP contribution in [-0.2, 0) is 0 Å². The van der Waals surface area contributed by atoms with Crippen LogP contribution in [0.25, 0.3) is 5.57 Å². The van der Waals surface area contributed by atoms with Crippen LogP contribution in [0, 0.1) is 5.92 Å². The van der Waals surface area contributed by atoms with Gasteiger partial charge in [0.25, 0.3) is 0 Å². The number of methoxy groups -OCH3 is 1. The van der Waals surface area contributed by atoms with Gasteiger partial charge < -0.3 is 9.64 Å². The van der Waals surface area contributed by atoms with Gasteiger partial charge in [-0.1, -0.05) is 32.1 Å². The molecule has 0 saturated carbocycles. The third-order valence-electron chi connectivity index (χ3n) is 3.00. The van der Waals surface area contributed by atoms with E-state index in [9.17, 15) is 0 Å². The van der Waals surface area contributed by atoms with Gasteiger partial charge in [0, 0.05) is 6.54 Å². The van der Waals surface area contributed by atoms with E-state index in [1.54, 1.807) is 7.11 Å². The summed E-state index contributed by atoms with van der Waals surface area (Å²) in [6, 6.07) is 8.33. The van der Waals surface area contributed by atoms with E-state index in [0.29, 0.717) is 5.92 Å². The van der Waals surface area contributed by atoms with Crippen molar-refractivity contribution < 1.29 is 4.74 Å². The molecule has 2 heteroatoms. The number of hydrogen-bond donors (Lipinski definition) is 0. The second kappa shape index (κ2) is 7.22. The molecule has 0 aromatic heterocycles. The van der Waals surface area contributed by atoms with E-state index in [2.05, 4.69) is 57.1 Å². The van der Waals surface area contributed by atoms with Crippen molar-refractivity contribution in [3.05, 3.63) is 35.9 Å². The van der Waals surface area contributed by atoms with Gasteiger partial charge >= 0.3 is 0 Å². The molecule has 1 aromatic carbocycles. The summed E-state index contributed by atoms with van der Waals surface area (Å²) in [4.78, 5) is 2.23. The van der Waals surface area contributed by atoms with Crippen molar-refractivity contribution in [1.82, 2.24) is 4.90 Å². The lowest BCUT2D eigenvalue weighted by molar-refractivity contribution is 0.375. The van der Waals surface area contributed by atoms with E-state index in [-0.39, 0.29) is 0 Å². The van der Waals surface area contributed by atoms with Crippen molar-refractivity contribution in [2.45, 2.75) is 20.3 Å². The fourth-order valence-corrected chi connectivity index (χ4v) is 2.27. The van der Waals surface area contributed by atoms with Crippen LogP contribution in [0.2, 0.25) is 0 Å². The highest BCUT2D eigenvalue weighted by atomic mass is 16.5. The van der Waals surface area contributed by atoms with E-state index < -0.39 is 0 Å². The Bertz CT molecular complexity index is 396. The Morgan fingerprint density at radius 3 is 2.67 bits per heavy atom. The van der Waals surface area contributed by atoms with Crippen molar-refractivity contribution in [1.29, 1.82) is 0 Å². The highest BCUT2D eigenvalue weighted by Gasteiger charge is 2.12. The Labute approximate surface area is 111 Å². The maximum absolute atomic E-state index is 5.31. The van der Waals surface area contributed by atoms with Crippen molar-refractivity contribution >= 4 is 5.57 Å². The number of hydrogen-bond acceptors (Lipinski definition) is 2. The van der Waals surface area contributed by atoms with Gasteiger partial charge in [0.05, 0.1) is 7.11 Å². The lowest BCUT2D eigenvalue weighted by Gasteiger charge is -2.21. The number of allylic oxidation sites excluding steroid dienone is 1. The summed E-state index contributed by atoms with van der Waals surface area (Å²) in [5, 5.41) is 0. The molecule has 0 aliphatic carbocycles. The summed E-state index contributed by atoms with van der Waals surface area (Å²) in [5.74, 6) is 1.44. The molecule has 1 rings (SSSR count). The van der Waals surface area contributed by atoms with Gasteiger partial charge in [0.1, 0.15) is 5.75 Å². The van der Waals surface area contributed by atoms with E-state index in [1.165, 1.54) is 11.1 Å². The predicted molar refractivity (Wildman–Crippen MR) is 79.0 cm³/mol. The largest absolute Gasteiger partial charge is 0.497 e. The third kappa shape index (κ3) is 4.19. The molecule has 1 unspecified atom stereocenters. The molecule has 1 atom stereocenters. The summed E-state index contributed by atoms with van der Waals surface area (Å²) in [5.41, 5.74) is 2.68. The van der Waals surface area contributed by atoms with Gasteiger partial charge in [-0.25, -0.2) is 0 Å². The quantitative estimate of drug-likeness (QED) is 0.760. The van der Waals surface area contributed by atoms with Crippen LogP contribution in [0.5, 0.6) is 5.75 Å². The second-order valence-corrected chi connectivity index (χ2v) is 4.96. The third-order valence-corrected chi connectivity index (χ3v) is 3.00. The molecule has 0 saturated heterocycles. The van der Waals surface area contributed by atoms with Crippen molar-refractivity contribution in [3.63, 3.8) is 0 Å². The van der Waals surface area contributed by atoms with Crippen LogP contribution in [0.1, 0.15) is 25.8 Å². The minimum absolute atomic E-state index is 0.520. The first-order valence-electron chi connectivity index (χ1n) is 6.57. The average molecular weight is 247 g/mol. The smallest absolute Gasteiger partial charge is 0.119 e. The zero-order chi connectivity index (χ0) is 13.5. The van der Waals surface area contributed by atoms with Crippen molar-refractivity contribution in [2.75, 3.05) is 27.7 Å². The van der Waals surface area contributed by atoms with E-state index in [0.717, 1.165) is 18.7 Å². The van der Waals surface area contributed by atoms with Crippen LogP contribution in [0.4, 0.5) is 0 Å². The minimum Gasteiger partial charge on any atom is -0.497 e. The van der Waals surface area contributed by atoms with Gasteiger partial charge in [-0.15, -0.1) is 0 Å². The molecule has 18 heavy (non-hydrogen) atoms. The fourth-order valence-electron chi connectivity index (χ4n) is 2.27. The summed E-state index contributed by atoms with van der Waals surface area (Å²) >= 11 is 0. The maximum Gasteiger partial charge on any atom is 0.119 e. The average Bonchev–Trinajstić information content (AvgIpc) is 2.35. The maximum atomic E-state index is 5.31. The van der Waals surface area contributed by atoms with Gasteiger partial charge in [-0.3, -0.25) is 0 Å². The van der Waals surface area contributed by atoms with Crippen LogP contribution in [0.3, 0.4) is 0 Å². The Hall–Kier alpha value is -1.28. The van der Waals surface area contributed by atoms with Gasteiger partial charge in [0.2, 0.25) is 0 Å². The molecule has 0 aliphatic heterocycles. The molecule has 0 bridgehead atoms. The summed E-state index contributed by atoms with van der Waals surface area (Å²) in [6.07, 6.45) is 3.38. The molecule has 0 heterocycles. The number of ether oxygens (including phenoxy) is 1. The topological polar surface area (TPSA) is 12.5 Å². The van der Waals surface area contributed by atoms with Gasteiger partial charge in [0.15, 0.2) is 0 Å². The number of benzene rings is 1.